The Hall–Kier alpha value is -2.08. The van der Waals surface area contributed by atoms with Gasteiger partial charge in [0.05, 0.1) is 12.5 Å². The summed E-state index contributed by atoms with van der Waals surface area (Å²) >= 11 is 0. The van der Waals surface area contributed by atoms with Crippen molar-refractivity contribution in [1.82, 2.24) is 14.7 Å². The molecular weight excluding hydrogens is 342 g/mol. The van der Waals surface area contributed by atoms with Crippen LogP contribution in [0.3, 0.4) is 0 Å². The van der Waals surface area contributed by atoms with E-state index in [1.54, 1.807) is 0 Å². The maximum Gasteiger partial charge on any atom is 0.228 e. The molecule has 1 aromatic carbocycles. The molecule has 146 valence electrons. The van der Waals surface area contributed by atoms with Crippen molar-refractivity contribution in [2.45, 2.75) is 38.8 Å². The van der Waals surface area contributed by atoms with Crippen LogP contribution in [-0.2, 0) is 16.1 Å². The van der Waals surface area contributed by atoms with Crippen molar-refractivity contribution in [3.05, 3.63) is 29.8 Å². The number of rotatable bonds is 6. The van der Waals surface area contributed by atoms with Crippen LogP contribution in [0.1, 0.15) is 31.7 Å². The lowest BCUT2D eigenvalue weighted by Gasteiger charge is -2.36. The van der Waals surface area contributed by atoms with Crippen molar-refractivity contribution >= 4 is 11.8 Å². The molecule has 2 saturated heterocycles. The lowest BCUT2D eigenvalue weighted by molar-refractivity contribution is -0.137. The second-order valence-corrected chi connectivity index (χ2v) is 7.86. The molecule has 1 atom stereocenters. The number of benzene rings is 1. The highest BCUT2D eigenvalue weighted by atomic mass is 16.5. The minimum atomic E-state index is -0.129. The van der Waals surface area contributed by atoms with Crippen LogP contribution in [0.5, 0.6) is 5.75 Å². The number of carbonyl (C=O) groups is 2. The van der Waals surface area contributed by atoms with Crippen molar-refractivity contribution < 1.29 is 14.3 Å². The number of piperazine rings is 1. The summed E-state index contributed by atoms with van der Waals surface area (Å²) in [6.45, 7) is 7.46. The lowest BCUT2D eigenvalue weighted by Crippen LogP contribution is -2.50. The van der Waals surface area contributed by atoms with E-state index in [0.717, 1.165) is 51.3 Å². The van der Waals surface area contributed by atoms with Gasteiger partial charge in [-0.1, -0.05) is 12.1 Å². The predicted molar refractivity (Wildman–Crippen MR) is 102 cm³/mol. The monoisotopic (exact) mass is 371 g/mol. The summed E-state index contributed by atoms with van der Waals surface area (Å²) in [5.74, 6) is 1.12. The maximum absolute atomic E-state index is 12.8. The number of ether oxygens (including phenoxy) is 1. The molecule has 6 heteroatoms. The lowest BCUT2D eigenvalue weighted by atomic mass is 10.1. The van der Waals surface area contributed by atoms with E-state index in [-0.39, 0.29) is 17.7 Å². The van der Waals surface area contributed by atoms with E-state index < -0.39 is 0 Å². The van der Waals surface area contributed by atoms with Gasteiger partial charge in [-0.05, 0) is 37.5 Å². The SMILES string of the molecule is CCOc1ccc(CN2CCN(C(=O)[C@H]3CC(=O)N(C4CC4)C3)CC2)cc1. The summed E-state index contributed by atoms with van der Waals surface area (Å²) in [5.41, 5.74) is 1.26. The Morgan fingerprint density at radius 3 is 2.44 bits per heavy atom. The number of carbonyl (C=O) groups excluding carboxylic acids is 2. The molecule has 2 aliphatic heterocycles. The quantitative estimate of drug-likeness (QED) is 0.764. The summed E-state index contributed by atoms with van der Waals surface area (Å²) in [5, 5.41) is 0. The van der Waals surface area contributed by atoms with Crippen LogP contribution in [0, 0.1) is 5.92 Å². The van der Waals surface area contributed by atoms with Gasteiger partial charge in [-0.3, -0.25) is 14.5 Å². The van der Waals surface area contributed by atoms with E-state index in [1.165, 1.54) is 5.56 Å². The Balaban J connectivity index is 1.25. The van der Waals surface area contributed by atoms with Crippen molar-refractivity contribution in [2.24, 2.45) is 5.92 Å². The first-order valence-electron chi connectivity index (χ1n) is 10.2. The number of likely N-dealkylation sites (tertiary alicyclic amines) is 1. The third-order valence-electron chi connectivity index (χ3n) is 5.82. The molecule has 3 fully saturated rings. The molecule has 0 unspecified atom stereocenters. The van der Waals surface area contributed by atoms with Gasteiger partial charge in [-0.2, -0.15) is 0 Å². The van der Waals surface area contributed by atoms with E-state index in [0.29, 0.717) is 25.6 Å². The van der Waals surface area contributed by atoms with Crippen molar-refractivity contribution in [2.75, 3.05) is 39.3 Å². The molecule has 0 aromatic heterocycles. The van der Waals surface area contributed by atoms with Crippen molar-refractivity contribution in [1.29, 1.82) is 0 Å². The molecule has 3 aliphatic rings. The van der Waals surface area contributed by atoms with Gasteiger partial charge in [0.15, 0.2) is 0 Å². The van der Waals surface area contributed by atoms with Crippen LogP contribution in [-0.4, -0.2) is 71.9 Å². The fourth-order valence-corrected chi connectivity index (χ4v) is 4.14. The second-order valence-electron chi connectivity index (χ2n) is 7.86. The molecule has 4 rings (SSSR count). The molecule has 0 spiro atoms. The van der Waals surface area contributed by atoms with E-state index in [2.05, 4.69) is 17.0 Å². The third-order valence-corrected chi connectivity index (χ3v) is 5.82. The maximum atomic E-state index is 12.8. The van der Waals surface area contributed by atoms with E-state index >= 15 is 0 Å². The van der Waals surface area contributed by atoms with Crippen LogP contribution in [0.25, 0.3) is 0 Å². The second kappa shape index (κ2) is 7.89. The molecule has 27 heavy (non-hydrogen) atoms. The minimum absolute atomic E-state index is 0.129. The fourth-order valence-electron chi connectivity index (χ4n) is 4.14. The van der Waals surface area contributed by atoms with E-state index in [1.807, 2.05) is 28.9 Å². The Labute approximate surface area is 161 Å². The minimum Gasteiger partial charge on any atom is -0.494 e. The average molecular weight is 371 g/mol. The predicted octanol–water partition coefficient (Wildman–Crippen LogP) is 1.74. The van der Waals surface area contributed by atoms with Crippen LogP contribution in [0.15, 0.2) is 24.3 Å². The van der Waals surface area contributed by atoms with Gasteiger partial charge in [-0.25, -0.2) is 0 Å². The van der Waals surface area contributed by atoms with Gasteiger partial charge in [0.2, 0.25) is 11.8 Å². The fraction of sp³-hybridized carbons (Fsp3) is 0.619. The van der Waals surface area contributed by atoms with Crippen LogP contribution >= 0.6 is 0 Å². The van der Waals surface area contributed by atoms with Crippen LogP contribution in [0.4, 0.5) is 0 Å². The highest BCUT2D eigenvalue weighted by Gasteiger charge is 2.43. The first-order valence-corrected chi connectivity index (χ1v) is 10.2. The smallest absolute Gasteiger partial charge is 0.228 e. The standard InChI is InChI=1S/C21H29N3O3/c1-2-27-19-7-3-16(4-8-19)14-22-9-11-23(12-10-22)21(26)17-13-20(25)24(15-17)18-5-6-18/h3-4,7-8,17-18H,2,5-6,9-15H2,1H3/t17-/m0/s1. The molecule has 0 N–H and O–H groups in total. The average Bonchev–Trinajstić information content (AvgIpc) is 3.45. The van der Waals surface area contributed by atoms with Gasteiger partial charge in [0.25, 0.3) is 0 Å². The van der Waals surface area contributed by atoms with Gasteiger partial charge in [-0.15, -0.1) is 0 Å². The Bertz CT molecular complexity index is 678. The molecule has 0 radical (unpaired) electrons. The summed E-state index contributed by atoms with van der Waals surface area (Å²) in [6, 6.07) is 8.67. The number of nitrogens with zero attached hydrogens (tertiary/aromatic N) is 3. The summed E-state index contributed by atoms with van der Waals surface area (Å²) in [7, 11) is 0. The first kappa shape index (κ1) is 18.3. The van der Waals surface area contributed by atoms with Crippen LogP contribution in [0.2, 0.25) is 0 Å². The first-order chi connectivity index (χ1) is 13.1. The zero-order valence-electron chi connectivity index (χ0n) is 16.1. The Morgan fingerprint density at radius 2 is 1.81 bits per heavy atom. The topological polar surface area (TPSA) is 53.1 Å². The number of hydrogen-bond acceptors (Lipinski definition) is 4. The third kappa shape index (κ3) is 4.26. The molecule has 6 nitrogen and oxygen atoms in total. The molecule has 1 saturated carbocycles. The largest absolute Gasteiger partial charge is 0.494 e. The summed E-state index contributed by atoms with van der Waals surface area (Å²) in [4.78, 5) is 31.2. The zero-order chi connectivity index (χ0) is 18.8. The van der Waals surface area contributed by atoms with Gasteiger partial charge >= 0.3 is 0 Å². The molecule has 1 aromatic rings. The van der Waals surface area contributed by atoms with Gasteiger partial charge in [0.1, 0.15) is 5.75 Å². The summed E-state index contributed by atoms with van der Waals surface area (Å²) in [6.07, 6.45) is 2.62. The molecule has 2 amide bonds. The normalized spacial score (nSPS) is 23.7. The summed E-state index contributed by atoms with van der Waals surface area (Å²) < 4.78 is 5.49. The highest BCUT2D eigenvalue weighted by molar-refractivity contribution is 5.89. The Morgan fingerprint density at radius 1 is 1.11 bits per heavy atom. The van der Waals surface area contributed by atoms with Crippen molar-refractivity contribution in [3.8, 4) is 5.75 Å². The molecular formula is C21H29N3O3. The number of hydrogen-bond donors (Lipinski definition) is 0. The van der Waals surface area contributed by atoms with Crippen LogP contribution < -0.4 is 4.74 Å². The molecule has 2 heterocycles. The van der Waals surface area contributed by atoms with Gasteiger partial charge in [0, 0.05) is 51.7 Å². The van der Waals surface area contributed by atoms with E-state index in [4.69, 9.17) is 4.74 Å². The van der Waals surface area contributed by atoms with Crippen molar-refractivity contribution in [3.63, 3.8) is 0 Å². The highest BCUT2D eigenvalue weighted by Crippen LogP contribution is 2.33. The Kier molecular flexibility index (Phi) is 5.34. The molecule has 1 aliphatic carbocycles. The number of amides is 2. The zero-order valence-corrected chi connectivity index (χ0v) is 16.1. The van der Waals surface area contributed by atoms with E-state index in [9.17, 15) is 9.59 Å². The van der Waals surface area contributed by atoms with Gasteiger partial charge < -0.3 is 14.5 Å². The molecule has 0 bridgehead atoms.